The number of piperidine rings is 1. The van der Waals surface area contributed by atoms with Crippen molar-refractivity contribution < 1.29 is 8.94 Å². The average Bonchev–Trinajstić information content (AvgIpc) is 2.30. The number of hydrogen-bond donors (Lipinski definition) is 1. The van der Waals surface area contributed by atoms with Crippen molar-refractivity contribution in [3.05, 3.63) is 30.1 Å². The molecule has 90 valence electrons. The van der Waals surface area contributed by atoms with E-state index in [1.54, 1.807) is 18.2 Å². The molecule has 1 unspecified atom stereocenters. The van der Waals surface area contributed by atoms with Gasteiger partial charge in [0.1, 0.15) is 5.25 Å². The summed E-state index contributed by atoms with van der Waals surface area (Å²) in [6.45, 7) is 1.76. The molecule has 2 nitrogen and oxygen atoms in total. The van der Waals surface area contributed by atoms with Crippen LogP contribution in [0, 0.1) is 5.82 Å². The first-order valence-electron chi connectivity index (χ1n) is 5.15. The van der Waals surface area contributed by atoms with Crippen LogP contribution in [0.4, 0.5) is 4.39 Å². The Morgan fingerprint density at radius 2 is 1.88 bits per heavy atom. The largest absolute Gasteiger partial charge is 0.611 e. The van der Waals surface area contributed by atoms with Crippen molar-refractivity contribution in [3.63, 3.8) is 0 Å². The summed E-state index contributed by atoms with van der Waals surface area (Å²) in [6.07, 6.45) is 1.72. The summed E-state index contributed by atoms with van der Waals surface area (Å²) in [5.74, 6) is -0.352. The third-order valence-electron chi connectivity index (χ3n) is 2.64. The Labute approximate surface area is 104 Å². The van der Waals surface area contributed by atoms with Crippen molar-refractivity contribution >= 4 is 23.6 Å². The Balaban J connectivity index is 0.00000128. The minimum Gasteiger partial charge on any atom is -0.611 e. The van der Waals surface area contributed by atoms with Gasteiger partial charge in [0.05, 0.1) is 0 Å². The molecule has 1 aliphatic rings. The van der Waals surface area contributed by atoms with E-state index in [1.165, 1.54) is 6.07 Å². The number of nitrogens with one attached hydrogen (secondary N) is 1. The molecule has 1 heterocycles. The van der Waals surface area contributed by atoms with Gasteiger partial charge in [-0.05, 0) is 36.4 Å². The summed E-state index contributed by atoms with van der Waals surface area (Å²) < 4.78 is 25.5. The fourth-order valence-corrected chi connectivity index (χ4v) is 3.29. The van der Waals surface area contributed by atoms with E-state index in [9.17, 15) is 8.94 Å². The van der Waals surface area contributed by atoms with Gasteiger partial charge in [0, 0.05) is 12.8 Å². The fourth-order valence-electron chi connectivity index (χ4n) is 1.80. The van der Waals surface area contributed by atoms with Crippen LogP contribution >= 0.6 is 12.4 Å². The minimum atomic E-state index is -1.20. The predicted molar refractivity (Wildman–Crippen MR) is 65.9 cm³/mol. The molecule has 1 saturated heterocycles. The maximum Gasteiger partial charge on any atom is 0.188 e. The molecule has 0 spiro atoms. The third kappa shape index (κ3) is 3.10. The summed E-state index contributed by atoms with van der Waals surface area (Å²) in [5, 5.41) is 3.31. The zero-order valence-corrected chi connectivity index (χ0v) is 10.5. The van der Waals surface area contributed by atoms with Gasteiger partial charge in [-0.25, -0.2) is 4.39 Å². The van der Waals surface area contributed by atoms with Gasteiger partial charge in [-0.2, -0.15) is 0 Å². The van der Waals surface area contributed by atoms with Crippen LogP contribution in [0.15, 0.2) is 29.2 Å². The van der Waals surface area contributed by atoms with Crippen LogP contribution in [-0.2, 0) is 11.2 Å². The molecule has 0 aliphatic carbocycles. The molecule has 0 amide bonds. The lowest BCUT2D eigenvalue weighted by atomic mass is 10.2. The zero-order chi connectivity index (χ0) is 10.7. The monoisotopic (exact) mass is 263 g/mol. The van der Waals surface area contributed by atoms with E-state index >= 15 is 0 Å². The fraction of sp³-hybridized carbons (Fsp3) is 0.455. The lowest BCUT2D eigenvalue weighted by Gasteiger charge is -2.25. The van der Waals surface area contributed by atoms with Crippen LogP contribution in [-0.4, -0.2) is 22.9 Å². The molecule has 5 heteroatoms. The van der Waals surface area contributed by atoms with E-state index in [0.717, 1.165) is 25.9 Å². The summed E-state index contributed by atoms with van der Waals surface area (Å²) in [6, 6.07) is 6.34. The molecule has 1 N–H and O–H groups in total. The molecular formula is C11H15ClFNOS. The molecule has 1 atom stereocenters. The number of rotatable bonds is 2. The van der Waals surface area contributed by atoms with Gasteiger partial charge in [0.15, 0.2) is 10.7 Å². The predicted octanol–water partition coefficient (Wildman–Crippen LogP) is 2.11. The van der Waals surface area contributed by atoms with Gasteiger partial charge in [-0.15, -0.1) is 12.4 Å². The van der Waals surface area contributed by atoms with Crippen LogP contribution in [0.2, 0.25) is 0 Å². The van der Waals surface area contributed by atoms with E-state index in [-0.39, 0.29) is 23.5 Å². The Hall–Kier alpha value is -0.290. The van der Waals surface area contributed by atoms with E-state index in [0.29, 0.717) is 4.90 Å². The van der Waals surface area contributed by atoms with Gasteiger partial charge >= 0.3 is 0 Å². The van der Waals surface area contributed by atoms with Crippen LogP contribution in [0.3, 0.4) is 0 Å². The van der Waals surface area contributed by atoms with E-state index in [2.05, 4.69) is 5.32 Å². The van der Waals surface area contributed by atoms with Crippen LogP contribution < -0.4 is 5.32 Å². The lowest BCUT2D eigenvalue weighted by molar-refractivity contribution is 0.491. The van der Waals surface area contributed by atoms with Gasteiger partial charge in [0.2, 0.25) is 0 Å². The van der Waals surface area contributed by atoms with Crippen molar-refractivity contribution in [2.45, 2.75) is 23.0 Å². The molecule has 1 aromatic carbocycles. The molecular weight excluding hydrogens is 249 g/mol. The summed E-state index contributed by atoms with van der Waals surface area (Å²) in [4.78, 5) is 0.351. The van der Waals surface area contributed by atoms with E-state index in [1.807, 2.05) is 0 Å². The molecule has 0 radical (unpaired) electrons. The highest BCUT2D eigenvalue weighted by Gasteiger charge is 2.28. The Morgan fingerprint density at radius 1 is 1.25 bits per heavy atom. The van der Waals surface area contributed by atoms with Crippen LogP contribution in [0.25, 0.3) is 0 Å². The molecule has 1 aliphatic heterocycles. The lowest BCUT2D eigenvalue weighted by Crippen LogP contribution is -2.36. The number of hydrogen-bond acceptors (Lipinski definition) is 2. The smallest absolute Gasteiger partial charge is 0.188 e. The first-order chi connectivity index (χ1) is 7.29. The molecule has 0 bridgehead atoms. The van der Waals surface area contributed by atoms with Crippen molar-refractivity contribution in [2.75, 3.05) is 13.1 Å². The van der Waals surface area contributed by atoms with Gasteiger partial charge in [-0.1, -0.05) is 12.1 Å². The standard InChI is InChI=1S/C11H14FNOS.ClH/c12-10-3-1-2-4-11(10)15(14)9-5-7-13-8-6-9;/h1-4,9,13H,5-8H2;1H. The average molecular weight is 264 g/mol. The van der Waals surface area contributed by atoms with E-state index in [4.69, 9.17) is 0 Å². The highest BCUT2D eigenvalue weighted by atomic mass is 35.5. The Morgan fingerprint density at radius 3 is 2.50 bits per heavy atom. The first-order valence-corrected chi connectivity index (χ1v) is 6.36. The minimum absolute atomic E-state index is 0. The van der Waals surface area contributed by atoms with Gasteiger partial charge < -0.3 is 9.87 Å². The second-order valence-electron chi connectivity index (χ2n) is 3.68. The molecule has 1 aromatic rings. The molecule has 16 heavy (non-hydrogen) atoms. The number of halogens is 2. The van der Waals surface area contributed by atoms with Gasteiger partial charge in [0.25, 0.3) is 0 Å². The van der Waals surface area contributed by atoms with Crippen LogP contribution in [0.5, 0.6) is 0 Å². The van der Waals surface area contributed by atoms with Gasteiger partial charge in [-0.3, -0.25) is 0 Å². The second kappa shape index (κ2) is 6.45. The highest BCUT2D eigenvalue weighted by Crippen LogP contribution is 2.24. The molecule has 0 aromatic heterocycles. The van der Waals surface area contributed by atoms with Crippen molar-refractivity contribution in [1.82, 2.24) is 5.32 Å². The molecule has 0 saturated carbocycles. The normalized spacial score (nSPS) is 18.9. The Kier molecular flexibility index (Phi) is 5.55. The summed E-state index contributed by atoms with van der Waals surface area (Å²) in [5.41, 5.74) is 0. The molecule has 1 fully saturated rings. The summed E-state index contributed by atoms with van der Waals surface area (Å²) in [7, 11) is 0. The SMILES string of the molecule is Cl.[O-][S+](c1ccccc1F)C1CCNCC1. The van der Waals surface area contributed by atoms with Crippen LogP contribution in [0.1, 0.15) is 12.8 Å². The Bertz CT molecular complexity index is 334. The topological polar surface area (TPSA) is 35.1 Å². The maximum atomic E-state index is 13.4. The maximum absolute atomic E-state index is 13.4. The van der Waals surface area contributed by atoms with Crippen molar-refractivity contribution in [3.8, 4) is 0 Å². The van der Waals surface area contributed by atoms with Crippen molar-refractivity contribution in [1.29, 1.82) is 0 Å². The number of benzene rings is 1. The highest BCUT2D eigenvalue weighted by molar-refractivity contribution is 7.92. The zero-order valence-electron chi connectivity index (χ0n) is 8.82. The first kappa shape index (κ1) is 13.8. The second-order valence-corrected chi connectivity index (χ2v) is 5.38. The molecule has 2 rings (SSSR count). The third-order valence-corrected chi connectivity index (χ3v) is 4.48. The quantitative estimate of drug-likeness (QED) is 0.830. The summed E-state index contributed by atoms with van der Waals surface area (Å²) >= 11 is -1.20. The van der Waals surface area contributed by atoms with E-state index < -0.39 is 11.2 Å². The van der Waals surface area contributed by atoms with Crippen molar-refractivity contribution in [2.24, 2.45) is 0 Å².